The molecule has 0 unspecified atom stereocenters. The molecule has 16 heteroatoms. The van der Waals surface area contributed by atoms with E-state index in [1.165, 1.54) is 0 Å². The topological polar surface area (TPSA) is 61.8 Å². The minimum Gasteiger partial charge on any atom is -0.572 e. The van der Waals surface area contributed by atoms with Gasteiger partial charge in [-0.2, -0.15) is 7.05 Å². The third-order valence-corrected chi connectivity index (χ3v) is 1.92. The van der Waals surface area contributed by atoms with Crippen molar-refractivity contribution in [1.29, 1.82) is 0 Å². The standard InChI is InChI=1S/C8H6N4O2.10Y/c1-10-4-9-6-5(10)7(13)12(3)8(14)11(6)2;;;;;;;;;;/h1-3H2;;;;;;;;;;/q-4;;;;;;;;;;. The van der Waals surface area contributed by atoms with Gasteiger partial charge in [-0.1, -0.05) is 12.0 Å². The van der Waals surface area contributed by atoms with Gasteiger partial charge in [-0.15, -0.1) is 19.6 Å². The van der Waals surface area contributed by atoms with Crippen molar-refractivity contribution in [3.8, 4) is 0 Å². The fourth-order valence-electron chi connectivity index (χ4n) is 1.18. The molecule has 104 valence electrons. The van der Waals surface area contributed by atoms with Gasteiger partial charge in [-0.25, -0.2) is 0 Å². The van der Waals surface area contributed by atoms with Crippen molar-refractivity contribution in [2.75, 3.05) is 0 Å². The molecule has 0 bridgehead atoms. The van der Waals surface area contributed by atoms with Crippen molar-refractivity contribution in [3.63, 3.8) is 0 Å². The molecule has 6 nitrogen and oxygen atoms in total. The van der Waals surface area contributed by atoms with Crippen LogP contribution >= 0.6 is 0 Å². The summed E-state index contributed by atoms with van der Waals surface area (Å²) in [4.78, 5) is 26.6. The summed E-state index contributed by atoms with van der Waals surface area (Å²) in [6.45, 7) is 0. The number of rotatable bonds is 0. The smallest absolute Gasteiger partial charge is 0.199 e. The number of fused-ring (bicyclic) bond motifs is 1. The van der Waals surface area contributed by atoms with Gasteiger partial charge in [0.25, 0.3) is 0 Å². The van der Waals surface area contributed by atoms with Crippen molar-refractivity contribution in [1.82, 2.24) is 18.7 Å². The van der Waals surface area contributed by atoms with Crippen LogP contribution in [-0.4, -0.2) is 18.7 Å². The van der Waals surface area contributed by atoms with Gasteiger partial charge in [-0.05, 0) is 0 Å². The van der Waals surface area contributed by atoms with Crippen LogP contribution in [0.5, 0.6) is 0 Å². The van der Waals surface area contributed by atoms with E-state index in [0.29, 0.717) is 4.57 Å². The van der Waals surface area contributed by atoms with Gasteiger partial charge >= 0.3 is 0 Å². The molecule has 10 radical (unpaired) electrons. The predicted molar refractivity (Wildman–Crippen MR) is 49.4 cm³/mol. The predicted octanol–water partition coefficient (Wildman–Crippen LogP) is -0.946. The van der Waals surface area contributed by atoms with Crippen molar-refractivity contribution in [2.24, 2.45) is 0 Å². The third-order valence-electron chi connectivity index (χ3n) is 1.92. The summed E-state index contributed by atoms with van der Waals surface area (Å²) in [6.07, 6.45) is 2.43. The molecule has 0 saturated heterocycles. The van der Waals surface area contributed by atoms with Crippen LogP contribution in [0.4, 0.5) is 0 Å². The Hall–Kier alpha value is 8.80. The van der Waals surface area contributed by atoms with E-state index in [1.54, 1.807) is 0 Å². The molecule has 0 aliphatic rings. The van der Waals surface area contributed by atoms with Gasteiger partial charge in [0.15, 0.2) is 5.69 Å². The summed E-state index contributed by atoms with van der Waals surface area (Å²) in [7, 11) is 10.2. The Bertz CT molecular complexity index is 640. The molecule has 0 aliphatic carbocycles. The van der Waals surface area contributed by atoms with Gasteiger partial charge < -0.3 is 28.3 Å². The van der Waals surface area contributed by atoms with Crippen LogP contribution in [0.3, 0.4) is 0 Å². The molecular weight excluding hydrogens is 1070 g/mol. The molecule has 0 aromatic carbocycles. The molecule has 0 atom stereocenters. The van der Waals surface area contributed by atoms with Crippen molar-refractivity contribution in [2.45, 2.75) is 0 Å². The zero-order valence-corrected chi connectivity index (χ0v) is 41.4. The summed E-state index contributed by atoms with van der Waals surface area (Å²) >= 11 is 0. The molecule has 2 aromatic heterocycles. The summed E-state index contributed by atoms with van der Waals surface area (Å²) in [5.41, 5.74) is -0.896. The fourth-order valence-corrected chi connectivity index (χ4v) is 1.18. The van der Waals surface area contributed by atoms with Gasteiger partial charge in [0.2, 0.25) is 0 Å². The Labute approximate surface area is 393 Å². The van der Waals surface area contributed by atoms with Crippen LogP contribution in [0.1, 0.15) is 0 Å². The van der Waals surface area contributed by atoms with E-state index in [0.717, 1.165) is 9.13 Å². The zero-order chi connectivity index (χ0) is 10.5. The van der Waals surface area contributed by atoms with Crippen molar-refractivity contribution >= 4 is 11.2 Å². The van der Waals surface area contributed by atoms with Crippen LogP contribution in [-0.2, 0) is 327 Å². The second-order valence-corrected chi connectivity index (χ2v) is 2.76. The minimum absolute atomic E-state index is 0. The van der Waals surface area contributed by atoms with Crippen LogP contribution in [0.25, 0.3) is 11.2 Å². The number of imidazole rings is 1. The number of hydrogen-bond donors (Lipinski definition) is 0. The Balaban J connectivity index is -0.0000000321. The van der Waals surface area contributed by atoms with Gasteiger partial charge in [-0.3, -0.25) is 0 Å². The van der Waals surface area contributed by atoms with E-state index in [9.17, 15) is 9.59 Å². The molecule has 0 saturated carbocycles. The quantitative estimate of drug-likeness (QED) is 0.321. The normalized spacial score (nSPS) is 6.33. The summed E-state index contributed by atoms with van der Waals surface area (Å²) < 4.78 is 2.83. The second-order valence-electron chi connectivity index (χ2n) is 2.76. The van der Waals surface area contributed by atoms with Crippen LogP contribution < -0.4 is 11.2 Å². The van der Waals surface area contributed by atoms with Gasteiger partial charge in [0, 0.05) is 327 Å². The van der Waals surface area contributed by atoms with E-state index >= 15 is 0 Å². The molecular formula is C8H6N4O2Y10-4. The average molecular weight is 1080 g/mol. The maximum absolute atomic E-state index is 11.5. The Kier molecular flexibility index (Phi) is 72.8. The molecule has 0 spiro atoms. The number of nitrogens with zero attached hydrogens (tertiary/aromatic N) is 4. The summed E-state index contributed by atoms with van der Waals surface area (Å²) in [5.74, 6) is 0. The molecule has 2 heterocycles. The van der Waals surface area contributed by atoms with Gasteiger partial charge in [0.1, 0.15) is 0 Å². The van der Waals surface area contributed by atoms with E-state index in [1.807, 2.05) is 0 Å². The first-order valence-electron chi connectivity index (χ1n) is 3.65. The van der Waals surface area contributed by atoms with E-state index in [2.05, 4.69) is 32.5 Å². The first kappa shape index (κ1) is 58.6. The SMILES string of the molecule is [CH2-]n1c(=O)c2c(n[c-]n2[CH2-])n([CH2-])c1=O.[Y].[Y].[Y].[Y].[Y].[Y].[Y].[Y].[Y].[Y]. The Morgan fingerprint density at radius 3 is 1.46 bits per heavy atom. The second kappa shape index (κ2) is 29.8. The first-order valence-corrected chi connectivity index (χ1v) is 3.65. The Morgan fingerprint density at radius 1 is 0.708 bits per heavy atom. The van der Waals surface area contributed by atoms with Gasteiger partial charge in [0.05, 0.1) is 5.56 Å². The molecule has 24 heavy (non-hydrogen) atoms. The van der Waals surface area contributed by atoms with Crippen LogP contribution in [0.15, 0.2) is 9.59 Å². The van der Waals surface area contributed by atoms with Crippen molar-refractivity contribution < 1.29 is 327 Å². The van der Waals surface area contributed by atoms with Crippen LogP contribution in [0.2, 0.25) is 0 Å². The average Bonchev–Trinajstić information content (AvgIpc) is 2.54. The van der Waals surface area contributed by atoms with E-state index < -0.39 is 11.2 Å². The maximum Gasteiger partial charge on any atom is 0.199 e. The Morgan fingerprint density at radius 2 is 1.08 bits per heavy atom. The number of hydrogen-bond acceptors (Lipinski definition) is 3. The summed E-state index contributed by atoms with van der Waals surface area (Å²) in [5, 5.41) is 0. The van der Waals surface area contributed by atoms with Crippen LogP contribution in [0, 0.1) is 27.5 Å². The molecule has 0 aliphatic heterocycles. The minimum atomic E-state index is -0.630. The van der Waals surface area contributed by atoms with Crippen molar-refractivity contribution in [3.05, 3.63) is 48.3 Å². The molecule has 0 amide bonds. The fraction of sp³-hybridized carbons (Fsp3) is 0. The summed E-state index contributed by atoms with van der Waals surface area (Å²) in [6, 6.07) is 0. The molecule has 2 rings (SSSR count). The monoisotopic (exact) mass is 1080 g/mol. The maximum atomic E-state index is 11.5. The molecule has 2 aromatic rings. The largest absolute Gasteiger partial charge is 0.572 e. The van der Waals surface area contributed by atoms with E-state index in [4.69, 9.17) is 0 Å². The molecule has 0 fully saturated rings. The third kappa shape index (κ3) is 15.7. The number of aromatic nitrogens is 4. The molecule has 0 N–H and O–H groups in total. The van der Waals surface area contributed by atoms with E-state index in [-0.39, 0.29) is 338 Å². The zero-order valence-electron chi connectivity index (χ0n) is 13.0. The first-order chi connectivity index (χ1) is 6.54.